The number of hydrogen-bond acceptors (Lipinski definition) is 5. The molecule has 178 valence electrons. The van der Waals surface area contributed by atoms with E-state index in [1.807, 2.05) is 6.07 Å². The van der Waals surface area contributed by atoms with E-state index in [0.717, 1.165) is 11.1 Å². The molecule has 9 heteroatoms. The first kappa shape index (κ1) is 22.9. The van der Waals surface area contributed by atoms with Crippen LogP contribution in [0.3, 0.4) is 0 Å². The fraction of sp³-hybridized carbons (Fsp3) is 0.231. The van der Waals surface area contributed by atoms with E-state index in [4.69, 9.17) is 16.3 Å². The van der Waals surface area contributed by atoms with Crippen LogP contribution in [0.15, 0.2) is 60.9 Å². The number of carbonyl (C=O) groups is 3. The van der Waals surface area contributed by atoms with Gasteiger partial charge in [0.25, 0.3) is 11.8 Å². The summed E-state index contributed by atoms with van der Waals surface area (Å²) in [5, 5.41) is 6.43. The molecule has 2 aromatic carbocycles. The smallest absolute Gasteiger partial charge is 0.256 e. The van der Waals surface area contributed by atoms with Crippen LogP contribution in [0.25, 0.3) is 11.1 Å². The van der Waals surface area contributed by atoms with Gasteiger partial charge in [0.15, 0.2) is 0 Å². The van der Waals surface area contributed by atoms with Gasteiger partial charge < -0.3 is 20.3 Å². The van der Waals surface area contributed by atoms with Gasteiger partial charge in [-0.25, -0.2) is 0 Å². The number of ether oxygens (including phenoxy) is 1. The van der Waals surface area contributed by atoms with E-state index in [9.17, 15) is 14.4 Å². The Bertz CT molecular complexity index is 1310. The van der Waals surface area contributed by atoms with Crippen LogP contribution < -0.4 is 15.4 Å². The number of halogens is 1. The molecule has 2 atom stereocenters. The van der Waals surface area contributed by atoms with Gasteiger partial charge in [0, 0.05) is 41.1 Å². The maximum atomic E-state index is 13.6. The molecule has 8 nitrogen and oxygen atoms in total. The Balaban J connectivity index is 1.40. The van der Waals surface area contributed by atoms with E-state index in [0.29, 0.717) is 47.0 Å². The Morgan fingerprint density at radius 1 is 1.11 bits per heavy atom. The van der Waals surface area contributed by atoms with Crippen LogP contribution >= 0.6 is 11.6 Å². The third-order valence-corrected chi connectivity index (χ3v) is 6.66. The normalized spacial score (nSPS) is 19.2. The zero-order chi connectivity index (χ0) is 24.5. The Kier molecular flexibility index (Phi) is 6.13. The first-order chi connectivity index (χ1) is 16.9. The van der Waals surface area contributed by atoms with Crippen molar-refractivity contribution in [1.29, 1.82) is 0 Å². The fourth-order valence-corrected chi connectivity index (χ4v) is 4.81. The highest BCUT2D eigenvalue weighted by molar-refractivity contribution is 6.31. The zero-order valence-electron chi connectivity index (χ0n) is 19.0. The van der Waals surface area contributed by atoms with Crippen LogP contribution in [-0.2, 0) is 4.79 Å². The van der Waals surface area contributed by atoms with Gasteiger partial charge in [-0.1, -0.05) is 17.7 Å². The summed E-state index contributed by atoms with van der Waals surface area (Å²) in [5.41, 5.74) is 2.86. The van der Waals surface area contributed by atoms with Gasteiger partial charge in [0.05, 0.1) is 18.4 Å². The van der Waals surface area contributed by atoms with Gasteiger partial charge in [0.1, 0.15) is 11.8 Å². The lowest BCUT2D eigenvalue weighted by molar-refractivity contribution is -0.121. The lowest BCUT2D eigenvalue weighted by atomic mass is 9.95. The van der Waals surface area contributed by atoms with Crippen LogP contribution in [0, 0.1) is 0 Å². The van der Waals surface area contributed by atoms with Gasteiger partial charge in [-0.15, -0.1) is 0 Å². The van der Waals surface area contributed by atoms with Crippen LogP contribution in [0.2, 0.25) is 5.02 Å². The molecule has 3 aromatic rings. The van der Waals surface area contributed by atoms with Crippen LogP contribution in [-0.4, -0.2) is 53.3 Å². The van der Waals surface area contributed by atoms with Gasteiger partial charge in [-0.3, -0.25) is 19.4 Å². The minimum absolute atomic E-state index is 0.227. The van der Waals surface area contributed by atoms with Crippen molar-refractivity contribution in [3.8, 4) is 16.9 Å². The molecule has 35 heavy (non-hydrogen) atoms. The molecule has 2 N–H and O–H groups in total. The molecule has 2 aliphatic heterocycles. The molecule has 2 aliphatic rings. The predicted octanol–water partition coefficient (Wildman–Crippen LogP) is 3.77. The van der Waals surface area contributed by atoms with E-state index in [2.05, 4.69) is 15.6 Å². The summed E-state index contributed by atoms with van der Waals surface area (Å²) in [4.78, 5) is 44.7. The molecule has 0 bridgehead atoms. The Morgan fingerprint density at radius 3 is 2.69 bits per heavy atom. The van der Waals surface area contributed by atoms with Crippen LogP contribution in [0.4, 0.5) is 5.69 Å². The molecule has 1 aromatic heterocycles. The maximum absolute atomic E-state index is 13.6. The number of rotatable bonds is 4. The van der Waals surface area contributed by atoms with Gasteiger partial charge in [-0.2, -0.15) is 0 Å². The number of carbonyl (C=O) groups excluding carboxylic acids is 3. The summed E-state index contributed by atoms with van der Waals surface area (Å²) in [6.45, 7) is 0.350. The number of anilines is 1. The second-order valence-electron chi connectivity index (χ2n) is 8.54. The summed E-state index contributed by atoms with van der Waals surface area (Å²) in [5.74, 6) is -0.101. The van der Waals surface area contributed by atoms with E-state index in [1.54, 1.807) is 66.9 Å². The van der Waals surface area contributed by atoms with E-state index in [1.165, 1.54) is 0 Å². The molecule has 3 amide bonds. The minimum atomic E-state index is -0.685. The lowest BCUT2D eigenvalue weighted by Gasteiger charge is -2.37. The van der Waals surface area contributed by atoms with Gasteiger partial charge in [-0.05, 0) is 60.9 Å². The Labute approximate surface area is 207 Å². The number of methoxy groups -OCH3 is 1. The molecular formula is C26H23ClN4O4. The predicted molar refractivity (Wildman–Crippen MR) is 132 cm³/mol. The number of pyridine rings is 1. The van der Waals surface area contributed by atoms with Crippen molar-refractivity contribution in [2.75, 3.05) is 19.0 Å². The number of hydrogen-bond donors (Lipinski definition) is 2. The number of benzene rings is 2. The third kappa shape index (κ3) is 4.44. The summed E-state index contributed by atoms with van der Waals surface area (Å²) in [7, 11) is 1.57. The number of fused-ring (bicyclic) bond motifs is 2. The van der Waals surface area contributed by atoms with E-state index >= 15 is 0 Å². The van der Waals surface area contributed by atoms with Crippen molar-refractivity contribution in [3.63, 3.8) is 0 Å². The summed E-state index contributed by atoms with van der Waals surface area (Å²) in [6, 6.07) is 12.9. The topological polar surface area (TPSA) is 101 Å². The highest BCUT2D eigenvalue weighted by Gasteiger charge is 2.40. The van der Waals surface area contributed by atoms with Crippen molar-refractivity contribution in [3.05, 3.63) is 77.1 Å². The number of amides is 3. The molecule has 3 heterocycles. The Morgan fingerprint density at radius 2 is 1.91 bits per heavy atom. The van der Waals surface area contributed by atoms with Crippen molar-refractivity contribution in [2.24, 2.45) is 0 Å². The lowest BCUT2D eigenvalue weighted by Crippen LogP contribution is -2.55. The average molecular weight is 491 g/mol. The summed E-state index contributed by atoms with van der Waals surface area (Å²) in [6.07, 6.45) is 3.99. The first-order valence-corrected chi connectivity index (χ1v) is 11.6. The molecule has 0 saturated carbocycles. The van der Waals surface area contributed by atoms with E-state index < -0.39 is 6.04 Å². The molecule has 0 unspecified atom stereocenters. The SMILES string of the molecule is COc1ccc(Cl)cc1-c1ccc2c(c1)C(=O)N1CC[C@H](NC(=O)c3ccncc3)C[C@H]1C(=O)N2. The molecule has 0 spiro atoms. The number of nitrogens with zero attached hydrogens (tertiary/aromatic N) is 2. The van der Waals surface area contributed by atoms with Crippen LogP contribution in [0.5, 0.6) is 5.75 Å². The number of aromatic nitrogens is 1. The zero-order valence-corrected chi connectivity index (χ0v) is 19.7. The molecule has 5 rings (SSSR count). The number of nitrogens with one attached hydrogen (secondary N) is 2. The quantitative estimate of drug-likeness (QED) is 0.580. The monoisotopic (exact) mass is 490 g/mol. The second kappa shape index (κ2) is 9.38. The molecule has 1 fully saturated rings. The highest BCUT2D eigenvalue weighted by Crippen LogP contribution is 2.36. The van der Waals surface area contributed by atoms with Crippen molar-refractivity contribution >= 4 is 35.0 Å². The van der Waals surface area contributed by atoms with Crippen molar-refractivity contribution < 1.29 is 19.1 Å². The first-order valence-electron chi connectivity index (χ1n) is 11.3. The molecular weight excluding hydrogens is 468 g/mol. The summed E-state index contributed by atoms with van der Waals surface area (Å²) >= 11 is 6.20. The minimum Gasteiger partial charge on any atom is -0.496 e. The molecule has 0 aliphatic carbocycles. The van der Waals surface area contributed by atoms with Gasteiger partial charge in [0.2, 0.25) is 5.91 Å². The largest absolute Gasteiger partial charge is 0.496 e. The third-order valence-electron chi connectivity index (χ3n) is 6.42. The van der Waals surface area contributed by atoms with Crippen LogP contribution in [0.1, 0.15) is 33.6 Å². The second-order valence-corrected chi connectivity index (χ2v) is 8.98. The molecule has 1 saturated heterocycles. The van der Waals surface area contributed by atoms with Crippen molar-refractivity contribution in [1.82, 2.24) is 15.2 Å². The van der Waals surface area contributed by atoms with Crippen molar-refractivity contribution in [2.45, 2.75) is 24.9 Å². The Hall–Kier alpha value is -3.91. The highest BCUT2D eigenvalue weighted by atomic mass is 35.5. The molecule has 0 radical (unpaired) electrons. The van der Waals surface area contributed by atoms with Gasteiger partial charge >= 0.3 is 0 Å². The average Bonchev–Trinajstić information content (AvgIpc) is 2.98. The summed E-state index contributed by atoms with van der Waals surface area (Å²) < 4.78 is 5.47. The standard InChI is InChI=1S/C26H23ClN4O4/c1-35-23-5-3-17(27)13-19(23)16-2-4-21-20(12-16)26(34)31-11-8-18(14-22(31)25(33)30-21)29-24(32)15-6-9-28-10-7-15/h2-7,9-10,12-13,18,22H,8,11,14H2,1H3,(H,29,32)(H,30,33)/t18-,22-/m0/s1. The maximum Gasteiger partial charge on any atom is 0.256 e. The van der Waals surface area contributed by atoms with E-state index in [-0.39, 0.29) is 23.8 Å². The fourth-order valence-electron chi connectivity index (χ4n) is 4.63. The number of piperidine rings is 1.